The minimum Gasteiger partial charge on any atom is -0.324 e. The summed E-state index contributed by atoms with van der Waals surface area (Å²) in [6, 6.07) is 6.00. The number of hydrogen-bond donors (Lipinski definition) is 2. The second kappa shape index (κ2) is 8.37. The molecular formula is C17H22N4O2S. The largest absolute Gasteiger partial charge is 0.324 e. The lowest BCUT2D eigenvalue weighted by atomic mass is 10.1. The zero-order valence-electron chi connectivity index (χ0n) is 14.1. The average molecular weight is 346 g/mol. The van der Waals surface area contributed by atoms with Gasteiger partial charge in [0.15, 0.2) is 0 Å². The van der Waals surface area contributed by atoms with Gasteiger partial charge in [0.2, 0.25) is 16.0 Å². The molecule has 0 saturated carbocycles. The van der Waals surface area contributed by atoms with Gasteiger partial charge in [0, 0.05) is 12.7 Å². The first-order valence-corrected chi connectivity index (χ1v) is 8.63. The minimum atomic E-state index is -3.71. The Hall–Kier alpha value is -2.51. The van der Waals surface area contributed by atoms with Crippen LogP contribution in [0.1, 0.15) is 13.8 Å². The number of allylic oxidation sites excluding steroid dienone is 4. The number of anilines is 1. The van der Waals surface area contributed by atoms with Crippen molar-refractivity contribution in [3.8, 4) is 0 Å². The quantitative estimate of drug-likeness (QED) is 0.487. The molecule has 1 rings (SSSR count). The molecule has 0 aliphatic carbocycles. The smallest absolute Gasteiger partial charge is 0.238 e. The van der Waals surface area contributed by atoms with Gasteiger partial charge in [-0.05, 0) is 49.8 Å². The summed E-state index contributed by atoms with van der Waals surface area (Å²) in [5.74, 6) is 0.364. The Labute approximate surface area is 143 Å². The number of guanidine groups is 1. The number of sulfonamides is 1. The fourth-order valence-corrected chi connectivity index (χ4v) is 2.12. The Balaban J connectivity index is 3.04. The van der Waals surface area contributed by atoms with Crippen LogP contribution in [-0.4, -0.2) is 27.1 Å². The highest BCUT2D eigenvalue weighted by molar-refractivity contribution is 7.89. The van der Waals surface area contributed by atoms with Crippen LogP contribution in [0.3, 0.4) is 0 Å². The predicted octanol–water partition coefficient (Wildman–Crippen LogP) is 2.88. The lowest BCUT2D eigenvalue weighted by molar-refractivity contribution is 0.598. The summed E-state index contributed by atoms with van der Waals surface area (Å²) in [4.78, 5) is 8.54. The SMILES string of the molecule is C=C(C)/C=C\C(=N\C(=NC)Nc1ccc(S(N)(=O)=O)cc1)C(=C)C. The number of nitrogens with zero attached hydrogens (tertiary/aromatic N) is 2. The maximum absolute atomic E-state index is 11.3. The van der Waals surface area contributed by atoms with Gasteiger partial charge in [0.1, 0.15) is 0 Å². The van der Waals surface area contributed by atoms with Crippen molar-refractivity contribution in [3.05, 3.63) is 60.7 Å². The summed E-state index contributed by atoms with van der Waals surface area (Å²) < 4.78 is 22.5. The lowest BCUT2D eigenvalue weighted by Crippen LogP contribution is -2.14. The van der Waals surface area contributed by atoms with Gasteiger partial charge in [-0.1, -0.05) is 24.8 Å². The highest BCUT2D eigenvalue weighted by Crippen LogP contribution is 2.13. The van der Waals surface area contributed by atoms with Gasteiger partial charge in [0.05, 0.1) is 10.6 Å². The van der Waals surface area contributed by atoms with E-state index in [9.17, 15) is 8.42 Å². The number of nitrogens with two attached hydrogens (primary N) is 1. The van der Waals surface area contributed by atoms with Crippen molar-refractivity contribution in [1.29, 1.82) is 0 Å². The van der Waals surface area contributed by atoms with Crippen LogP contribution in [0, 0.1) is 0 Å². The number of aliphatic imine (C=N–C) groups is 2. The zero-order chi connectivity index (χ0) is 18.3. The molecule has 0 spiro atoms. The molecule has 0 aliphatic rings. The molecule has 0 amide bonds. The number of rotatable bonds is 5. The van der Waals surface area contributed by atoms with E-state index in [4.69, 9.17) is 5.14 Å². The molecule has 3 N–H and O–H groups in total. The van der Waals surface area contributed by atoms with Crippen LogP contribution in [0.15, 0.2) is 75.6 Å². The van der Waals surface area contributed by atoms with Crippen molar-refractivity contribution < 1.29 is 8.42 Å². The Bertz CT molecular complexity index is 817. The summed E-state index contributed by atoms with van der Waals surface area (Å²) in [7, 11) is -2.11. The van der Waals surface area contributed by atoms with Crippen LogP contribution in [0.5, 0.6) is 0 Å². The van der Waals surface area contributed by atoms with Crippen molar-refractivity contribution in [2.75, 3.05) is 12.4 Å². The summed E-state index contributed by atoms with van der Waals surface area (Å²) >= 11 is 0. The van der Waals surface area contributed by atoms with E-state index < -0.39 is 10.0 Å². The highest BCUT2D eigenvalue weighted by Gasteiger charge is 2.07. The van der Waals surface area contributed by atoms with Crippen molar-refractivity contribution in [3.63, 3.8) is 0 Å². The maximum atomic E-state index is 11.3. The van der Waals surface area contributed by atoms with Crippen molar-refractivity contribution >= 4 is 27.4 Å². The van der Waals surface area contributed by atoms with Gasteiger partial charge in [0.25, 0.3) is 0 Å². The third-order valence-electron chi connectivity index (χ3n) is 2.84. The number of nitrogens with one attached hydrogen (secondary N) is 1. The molecule has 24 heavy (non-hydrogen) atoms. The average Bonchev–Trinajstić information content (AvgIpc) is 2.49. The molecule has 1 aromatic rings. The van der Waals surface area contributed by atoms with Gasteiger partial charge in [-0.2, -0.15) is 0 Å². The van der Waals surface area contributed by atoms with E-state index in [1.165, 1.54) is 12.1 Å². The molecule has 0 aliphatic heterocycles. The van der Waals surface area contributed by atoms with Crippen molar-refractivity contribution in [2.24, 2.45) is 15.1 Å². The third kappa shape index (κ3) is 6.31. The van der Waals surface area contributed by atoms with E-state index in [1.807, 2.05) is 26.0 Å². The highest BCUT2D eigenvalue weighted by atomic mass is 32.2. The van der Waals surface area contributed by atoms with Crippen LogP contribution in [0.25, 0.3) is 0 Å². The first-order valence-electron chi connectivity index (χ1n) is 7.08. The van der Waals surface area contributed by atoms with E-state index in [1.54, 1.807) is 19.2 Å². The first kappa shape index (κ1) is 19.5. The van der Waals surface area contributed by atoms with E-state index in [-0.39, 0.29) is 4.90 Å². The molecule has 0 unspecified atom stereocenters. The van der Waals surface area contributed by atoms with Crippen LogP contribution >= 0.6 is 0 Å². The topological polar surface area (TPSA) is 96.9 Å². The van der Waals surface area contributed by atoms with Crippen LogP contribution in [0.2, 0.25) is 0 Å². The summed E-state index contributed by atoms with van der Waals surface area (Å²) in [6.45, 7) is 11.4. The molecule has 0 aromatic heterocycles. The second-order valence-electron chi connectivity index (χ2n) is 5.20. The van der Waals surface area contributed by atoms with E-state index >= 15 is 0 Å². The van der Waals surface area contributed by atoms with Crippen molar-refractivity contribution in [1.82, 2.24) is 0 Å². The Kier molecular flexibility index (Phi) is 6.82. The van der Waals surface area contributed by atoms with Gasteiger partial charge in [-0.25, -0.2) is 18.5 Å². The Morgan fingerprint density at radius 2 is 1.75 bits per heavy atom. The molecule has 0 radical (unpaired) electrons. The van der Waals surface area contributed by atoms with Gasteiger partial charge in [-0.15, -0.1) is 0 Å². The minimum absolute atomic E-state index is 0.0403. The standard InChI is InChI=1S/C17H22N4O2S/c1-12(2)6-11-16(13(3)4)21-17(19-5)20-14-7-9-15(10-8-14)24(18,22)23/h6-11H,1,3H2,2,4-5H3,(H,19,20)(H2,18,22,23)/b11-6-,21-16-. The molecule has 1 aromatic carbocycles. The summed E-state index contributed by atoms with van der Waals surface area (Å²) in [5, 5.41) is 8.08. The van der Waals surface area contributed by atoms with Crippen molar-refractivity contribution in [2.45, 2.75) is 18.7 Å². The van der Waals surface area contributed by atoms with Crippen LogP contribution < -0.4 is 10.5 Å². The van der Waals surface area contributed by atoms with E-state index in [0.717, 1.165) is 11.1 Å². The molecule has 0 heterocycles. The molecule has 0 atom stereocenters. The number of benzene rings is 1. The second-order valence-corrected chi connectivity index (χ2v) is 6.76. The van der Waals surface area contributed by atoms with Gasteiger partial charge >= 0.3 is 0 Å². The number of hydrogen-bond acceptors (Lipinski definition) is 3. The Morgan fingerprint density at radius 1 is 1.17 bits per heavy atom. The molecule has 128 valence electrons. The van der Waals surface area contributed by atoms with Crippen LogP contribution in [-0.2, 0) is 10.0 Å². The van der Waals surface area contributed by atoms with Crippen LogP contribution in [0.4, 0.5) is 5.69 Å². The third-order valence-corrected chi connectivity index (χ3v) is 3.77. The normalized spacial score (nSPS) is 13.2. The fraction of sp³-hybridized carbons (Fsp3) is 0.176. The molecular weight excluding hydrogens is 324 g/mol. The molecule has 7 heteroatoms. The van der Waals surface area contributed by atoms with Gasteiger partial charge < -0.3 is 5.32 Å². The Morgan fingerprint density at radius 3 is 2.17 bits per heavy atom. The molecule has 0 bridgehead atoms. The molecule has 6 nitrogen and oxygen atoms in total. The van der Waals surface area contributed by atoms with E-state index in [0.29, 0.717) is 17.4 Å². The van der Waals surface area contributed by atoms with Gasteiger partial charge in [-0.3, -0.25) is 4.99 Å². The molecule has 0 saturated heterocycles. The number of primary sulfonamides is 1. The maximum Gasteiger partial charge on any atom is 0.238 e. The zero-order valence-corrected chi connectivity index (χ0v) is 14.9. The first-order chi connectivity index (χ1) is 11.1. The monoisotopic (exact) mass is 346 g/mol. The summed E-state index contributed by atoms with van der Waals surface area (Å²) in [5.41, 5.74) is 2.97. The predicted molar refractivity (Wildman–Crippen MR) is 101 cm³/mol. The van der Waals surface area contributed by atoms with E-state index in [2.05, 4.69) is 28.5 Å². The molecule has 0 fully saturated rings. The fourth-order valence-electron chi connectivity index (χ4n) is 1.60. The lowest BCUT2D eigenvalue weighted by Gasteiger charge is -2.08. The summed E-state index contributed by atoms with van der Waals surface area (Å²) in [6.07, 6.45) is 3.64.